The van der Waals surface area contributed by atoms with Crippen LogP contribution >= 0.6 is 0 Å². The number of rotatable bonds is 7. The van der Waals surface area contributed by atoms with Crippen LogP contribution < -0.4 is 14.8 Å². The monoisotopic (exact) mass is 418 g/mol. The van der Waals surface area contributed by atoms with Crippen molar-refractivity contribution in [3.63, 3.8) is 0 Å². The molecule has 1 saturated heterocycles. The summed E-state index contributed by atoms with van der Waals surface area (Å²) in [7, 11) is -0.348. The van der Waals surface area contributed by atoms with Crippen molar-refractivity contribution in [3.05, 3.63) is 54.1 Å². The highest BCUT2D eigenvalue weighted by atomic mass is 32.2. The summed E-state index contributed by atoms with van der Waals surface area (Å²) in [5, 5.41) is 2.94. The summed E-state index contributed by atoms with van der Waals surface area (Å²) in [6, 6.07) is 13.8. The molecular weight excluding hydrogens is 392 g/mol. The van der Waals surface area contributed by atoms with Crippen molar-refractivity contribution in [3.8, 4) is 11.5 Å². The van der Waals surface area contributed by atoms with Crippen LogP contribution in [0.3, 0.4) is 0 Å². The normalized spacial score (nSPS) is 15.7. The molecule has 156 valence electrons. The number of nitrogens with zero attached hydrogens (tertiary/aromatic N) is 1. The van der Waals surface area contributed by atoms with Crippen molar-refractivity contribution in [2.75, 3.05) is 27.3 Å². The van der Waals surface area contributed by atoms with Gasteiger partial charge in [-0.2, -0.15) is 4.31 Å². The second kappa shape index (κ2) is 9.28. The smallest absolute Gasteiger partial charge is 0.243 e. The number of hydrogen-bond donors (Lipinski definition) is 1. The number of methoxy groups -OCH3 is 2. The molecular formula is C21H26N2O5S. The van der Waals surface area contributed by atoms with E-state index in [4.69, 9.17) is 9.47 Å². The first kappa shape index (κ1) is 21.1. The molecule has 3 rings (SSSR count). The molecule has 0 unspecified atom stereocenters. The van der Waals surface area contributed by atoms with Gasteiger partial charge in [0.15, 0.2) is 0 Å². The summed E-state index contributed by atoms with van der Waals surface area (Å²) < 4.78 is 37.4. The average Bonchev–Trinajstić information content (AvgIpc) is 2.77. The molecule has 1 N–H and O–H groups in total. The molecule has 0 aromatic heterocycles. The van der Waals surface area contributed by atoms with Crippen molar-refractivity contribution in [1.82, 2.24) is 9.62 Å². The van der Waals surface area contributed by atoms with E-state index in [1.807, 2.05) is 6.07 Å². The molecule has 1 fully saturated rings. The fraction of sp³-hybridized carbons (Fsp3) is 0.381. The molecule has 1 aliphatic rings. The second-order valence-corrected chi connectivity index (χ2v) is 8.82. The number of carbonyl (C=O) groups is 1. The molecule has 0 aliphatic carbocycles. The summed E-state index contributed by atoms with van der Waals surface area (Å²) in [5.74, 6) is 1.07. The molecule has 29 heavy (non-hydrogen) atoms. The Bertz CT molecular complexity index is 939. The zero-order valence-corrected chi connectivity index (χ0v) is 17.4. The fourth-order valence-corrected chi connectivity index (χ4v) is 4.94. The Hall–Kier alpha value is -2.58. The van der Waals surface area contributed by atoms with Crippen LogP contribution in [0, 0.1) is 5.92 Å². The van der Waals surface area contributed by atoms with Crippen molar-refractivity contribution >= 4 is 15.9 Å². The summed E-state index contributed by atoms with van der Waals surface area (Å²) in [5.41, 5.74) is 0.823. The molecule has 0 spiro atoms. The molecule has 7 nitrogen and oxygen atoms in total. The zero-order chi connectivity index (χ0) is 20.9. The molecule has 0 radical (unpaired) electrons. The lowest BCUT2D eigenvalue weighted by molar-refractivity contribution is -0.126. The van der Waals surface area contributed by atoms with E-state index in [0.717, 1.165) is 5.56 Å². The minimum atomic E-state index is -3.51. The second-order valence-electron chi connectivity index (χ2n) is 6.89. The maximum atomic E-state index is 12.7. The topological polar surface area (TPSA) is 84.9 Å². The van der Waals surface area contributed by atoms with Gasteiger partial charge in [-0.05, 0) is 43.2 Å². The third kappa shape index (κ3) is 4.89. The fourth-order valence-electron chi connectivity index (χ4n) is 3.45. The van der Waals surface area contributed by atoms with Gasteiger partial charge in [0, 0.05) is 31.1 Å². The molecule has 0 bridgehead atoms. The van der Waals surface area contributed by atoms with Crippen molar-refractivity contribution in [2.24, 2.45) is 5.92 Å². The molecule has 2 aromatic rings. The number of sulfonamides is 1. The molecule has 8 heteroatoms. The van der Waals surface area contributed by atoms with Crippen LogP contribution in [0.25, 0.3) is 0 Å². The number of carbonyl (C=O) groups excluding carboxylic acids is 1. The average molecular weight is 419 g/mol. The van der Waals surface area contributed by atoms with Crippen LogP contribution in [0.1, 0.15) is 18.4 Å². The highest BCUT2D eigenvalue weighted by Crippen LogP contribution is 2.26. The van der Waals surface area contributed by atoms with E-state index >= 15 is 0 Å². The van der Waals surface area contributed by atoms with Crippen LogP contribution in [0.5, 0.6) is 11.5 Å². The minimum absolute atomic E-state index is 0.0772. The Kier molecular flexibility index (Phi) is 6.76. The van der Waals surface area contributed by atoms with E-state index < -0.39 is 10.0 Å². The van der Waals surface area contributed by atoms with E-state index in [1.54, 1.807) is 56.7 Å². The van der Waals surface area contributed by atoms with Crippen LogP contribution in [0.15, 0.2) is 53.4 Å². The third-order valence-corrected chi connectivity index (χ3v) is 7.06. The predicted octanol–water partition coefficient (Wildman–Crippen LogP) is 2.42. The number of hydrogen-bond acceptors (Lipinski definition) is 5. The highest BCUT2D eigenvalue weighted by molar-refractivity contribution is 7.89. The molecule has 1 aliphatic heterocycles. The first-order valence-corrected chi connectivity index (χ1v) is 10.9. The van der Waals surface area contributed by atoms with Crippen LogP contribution in [0.2, 0.25) is 0 Å². The van der Waals surface area contributed by atoms with Gasteiger partial charge in [-0.25, -0.2) is 8.42 Å². The van der Waals surface area contributed by atoms with E-state index in [9.17, 15) is 13.2 Å². The Balaban J connectivity index is 1.57. The first-order valence-electron chi connectivity index (χ1n) is 9.49. The Morgan fingerprint density at radius 2 is 1.76 bits per heavy atom. The van der Waals surface area contributed by atoms with E-state index in [1.165, 1.54) is 4.31 Å². The van der Waals surface area contributed by atoms with Crippen molar-refractivity contribution < 1.29 is 22.7 Å². The lowest BCUT2D eigenvalue weighted by atomic mass is 9.97. The minimum Gasteiger partial charge on any atom is -0.497 e. The van der Waals surface area contributed by atoms with Crippen LogP contribution in [-0.2, 0) is 21.4 Å². The lowest BCUT2D eigenvalue weighted by Gasteiger charge is -2.30. The maximum Gasteiger partial charge on any atom is 0.243 e. The zero-order valence-electron chi connectivity index (χ0n) is 16.6. The number of amides is 1. The van der Waals surface area contributed by atoms with Crippen molar-refractivity contribution in [1.29, 1.82) is 0 Å². The number of ether oxygens (including phenoxy) is 2. The number of benzene rings is 2. The SMILES string of the molecule is COc1ccc(OC)c(CNC(=O)C2CCN(S(=O)(=O)c3ccccc3)CC2)c1. The molecule has 1 amide bonds. The molecule has 0 saturated carbocycles. The maximum absolute atomic E-state index is 12.7. The number of nitrogens with one attached hydrogen (secondary N) is 1. The van der Waals surface area contributed by atoms with Crippen molar-refractivity contribution in [2.45, 2.75) is 24.3 Å². The van der Waals surface area contributed by atoms with Gasteiger partial charge in [0.2, 0.25) is 15.9 Å². The largest absolute Gasteiger partial charge is 0.497 e. The Morgan fingerprint density at radius 3 is 2.38 bits per heavy atom. The summed E-state index contributed by atoms with van der Waals surface area (Å²) in [6.45, 7) is 0.983. The highest BCUT2D eigenvalue weighted by Gasteiger charge is 2.31. The van der Waals surface area contributed by atoms with E-state index in [2.05, 4.69) is 5.32 Å². The van der Waals surface area contributed by atoms with Gasteiger partial charge in [-0.15, -0.1) is 0 Å². The van der Waals surface area contributed by atoms with Gasteiger partial charge in [-0.3, -0.25) is 4.79 Å². The van der Waals surface area contributed by atoms with Gasteiger partial charge in [-0.1, -0.05) is 18.2 Å². The summed E-state index contributed by atoms with van der Waals surface area (Å²) >= 11 is 0. The quantitative estimate of drug-likeness (QED) is 0.747. The van der Waals surface area contributed by atoms with Gasteiger partial charge >= 0.3 is 0 Å². The van der Waals surface area contributed by atoms with E-state index in [0.29, 0.717) is 44.0 Å². The molecule has 1 heterocycles. The van der Waals surface area contributed by atoms with Crippen LogP contribution in [0.4, 0.5) is 0 Å². The predicted molar refractivity (Wildman–Crippen MR) is 109 cm³/mol. The lowest BCUT2D eigenvalue weighted by Crippen LogP contribution is -2.42. The van der Waals surface area contributed by atoms with E-state index in [-0.39, 0.29) is 16.7 Å². The van der Waals surface area contributed by atoms with Gasteiger partial charge in [0.1, 0.15) is 11.5 Å². The summed E-state index contributed by atoms with van der Waals surface area (Å²) in [4.78, 5) is 12.9. The van der Waals surface area contributed by atoms with Gasteiger partial charge in [0.05, 0.1) is 19.1 Å². The Labute approximate surface area is 171 Å². The van der Waals surface area contributed by atoms with Crippen LogP contribution in [-0.4, -0.2) is 45.9 Å². The first-order chi connectivity index (χ1) is 14.0. The summed E-state index contributed by atoms with van der Waals surface area (Å²) in [6.07, 6.45) is 0.986. The Morgan fingerprint density at radius 1 is 1.07 bits per heavy atom. The third-order valence-electron chi connectivity index (χ3n) is 5.15. The molecule has 2 aromatic carbocycles. The van der Waals surface area contributed by atoms with Gasteiger partial charge < -0.3 is 14.8 Å². The van der Waals surface area contributed by atoms with Gasteiger partial charge in [0.25, 0.3) is 0 Å². The molecule has 0 atom stereocenters. The number of piperidine rings is 1. The standard InChI is InChI=1S/C21H26N2O5S/c1-27-18-8-9-20(28-2)17(14-18)15-22-21(24)16-10-12-23(13-11-16)29(25,26)19-6-4-3-5-7-19/h3-9,14,16H,10-13,15H2,1-2H3,(H,22,24).